The van der Waals surface area contributed by atoms with Crippen LogP contribution in [0.1, 0.15) is 46.5 Å². The quantitative estimate of drug-likeness (QED) is 0.624. The summed E-state index contributed by atoms with van der Waals surface area (Å²) in [5.74, 6) is 1.13. The van der Waals surface area contributed by atoms with E-state index in [1.165, 1.54) is 32.1 Å². The van der Waals surface area contributed by atoms with Crippen LogP contribution in [-0.2, 0) is 0 Å². The Morgan fingerprint density at radius 2 is 1.36 bits per heavy atom. The Morgan fingerprint density at radius 3 is 1.50 bits per heavy atom. The summed E-state index contributed by atoms with van der Waals surface area (Å²) >= 11 is 0. The van der Waals surface area contributed by atoms with Gasteiger partial charge in [-0.3, -0.25) is 0 Å². The minimum absolute atomic E-state index is 0. The van der Waals surface area contributed by atoms with Crippen LogP contribution in [0.15, 0.2) is 36.4 Å². The van der Waals surface area contributed by atoms with Crippen molar-refractivity contribution in [3.05, 3.63) is 36.4 Å². The average molecular weight is 192 g/mol. The van der Waals surface area contributed by atoms with E-state index < -0.39 is 0 Å². The van der Waals surface area contributed by atoms with Crippen molar-refractivity contribution in [3.63, 3.8) is 0 Å². The zero-order chi connectivity index (χ0) is 9.36. The summed E-state index contributed by atoms with van der Waals surface area (Å²) in [7, 11) is 0. The molecule has 0 radical (unpaired) electrons. The highest BCUT2D eigenvalue weighted by molar-refractivity contribution is 4.99. The summed E-state index contributed by atoms with van der Waals surface area (Å²) in [4.78, 5) is 0. The maximum absolute atomic E-state index is 2.28. The van der Waals surface area contributed by atoms with Crippen molar-refractivity contribution in [2.75, 3.05) is 0 Å². The van der Waals surface area contributed by atoms with Crippen LogP contribution in [0, 0.1) is 5.92 Å². The molecule has 2 rings (SSSR count). The van der Waals surface area contributed by atoms with Gasteiger partial charge in [0.1, 0.15) is 0 Å². The summed E-state index contributed by atoms with van der Waals surface area (Å²) in [6.07, 6.45) is 7.43. The second-order valence-electron chi connectivity index (χ2n) is 3.74. The SMILES string of the molecule is C.CCCC1CCC1.c1ccccc1. The van der Waals surface area contributed by atoms with Gasteiger partial charge in [-0.2, -0.15) is 0 Å². The Labute approximate surface area is 89.4 Å². The molecule has 1 aliphatic rings. The molecule has 14 heavy (non-hydrogen) atoms. The first kappa shape index (κ1) is 13.2. The van der Waals surface area contributed by atoms with Gasteiger partial charge in [0, 0.05) is 0 Å². The van der Waals surface area contributed by atoms with Crippen LogP contribution in [0.3, 0.4) is 0 Å². The summed E-state index contributed by atoms with van der Waals surface area (Å²) in [6.45, 7) is 2.28. The first-order valence-corrected chi connectivity index (χ1v) is 5.43. The summed E-state index contributed by atoms with van der Waals surface area (Å²) < 4.78 is 0. The molecule has 1 aromatic rings. The van der Waals surface area contributed by atoms with Gasteiger partial charge in [-0.25, -0.2) is 0 Å². The standard InChI is InChI=1S/C7H14.C6H6.CH4/c1-2-4-7-5-3-6-7;1-2-4-6-5-3-1;/h7H,2-6H2,1H3;1-6H;1H4. The van der Waals surface area contributed by atoms with Crippen molar-refractivity contribution in [2.45, 2.75) is 46.5 Å². The van der Waals surface area contributed by atoms with E-state index >= 15 is 0 Å². The lowest BCUT2D eigenvalue weighted by atomic mass is 9.82. The van der Waals surface area contributed by atoms with Crippen molar-refractivity contribution in [1.29, 1.82) is 0 Å². The molecule has 0 N–H and O–H groups in total. The van der Waals surface area contributed by atoms with Crippen molar-refractivity contribution >= 4 is 0 Å². The van der Waals surface area contributed by atoms with E-state index in [4.69, 9.17) is 0 Å². The molecular weight excluding hydrogens is 168 g/mol. The molecule has 1 aliphatic carbocycles. The van der Waals surface area contributed by atoms with Gasteiger partial charge in [-0.15, -0.1) is 0 Å². The second-order valence-corrected chi connectivity index (χ2v) is 3.74. The molecule has 0 nitrogen and oxygen atoms in total. The van der Waals surface area contributed by atoms with E-state index in [-0.39, 0.29) is 7.43 Å². The molecule has 80 valence electrons. The van der Waals surface area contributed by atoms with E-state index in [0.29, 0.717) is 0 Å². The van der Waals surface area contributed by atoms with Crippen LogP contribution in [-0.4, -0.2) is 0 Å². The van der Waals surface area contributed by atoms with E-state index in [1.54, 1.807) is 0 Å². The van der Waals surface area contributed by atoms with Gasteiger partial charge in [0.05, 0.1) is 0 Å². The number of hydrogen-bond donors (Lipinski definition) is 0. The topological polar surface area (TPSA) is 0 Å². The molecule has 0 unspecified atom stereocenters. The molecular formula is C14H24. The van der Waals surface area contributed by atoms with E-state index in [9.17, 15) is 0 Å². The Hall–Kier alpha value is -0.780. The zero-order valence-corrected chi connectivity index (χ0v) is 8.58. The lowest BCUT2D eigenvalue weighted by molar-refractivity contribution is 0.294. The third-order valence-electron chi connectivity index (χ3n) is 2.59. The van der Waals surface area contributed by atoms with E-state index in [0.717, 1.165) is 5.92 Å². The Bertz CT molecular complexity index is 160. The molecule has 0 amide bonds. The Kier molecular flexibility index (Phi) is 8.31. The van der Waals surface area contributed by atoms with Crippen LogP contribution < -0.4 is 0 Å². The van der Waals surface area contributed by atoms with Crippen LogP contribution in [0.2, 0.25) is 0 Å². The van der Waals surface area contributed by atoms with Crippen molar-refractivity contribution < 1.29 is 0 Å². The van der Waals surface area contributed by atoms with Gasteiger partial charge in [0.25, 0.3) is 0 Å². The lowest BCUT2D eigenvalue weighted by Gasteiger charge is -2.24. The normalized spacial score (nSPS) is 14.4. The molecule has 0 heteroatoms. The largest absolute Gasteiger partial charge is 0.0776 e. The predicted octanol–water partition coefficient (Wildman–Crippen LogP) is 4.91. The molecule has 0 aromatic heterocycles. The van der Waals surface area contributed by atoms with Gasteiger partial charge in [-0.1, -0.05) is 82.9 Å². The Morgan fingerprint density at radius 1 is 0.929 bits per heavy atom. The van der Waals surface area contributed by atoms with Crippen molar-refractivity contribution in [3.8, 4) is 0 Å². The molecule has 0 bridgehead atoms. The Balaban J connectivity index is 0.000000227. The number of benzene rings is 1. The van der Waals surface area contributed by atoms with Gasteiger partial charge >= 0.3 is 0 Å². The van der Waals surface area contributed by atoms with Crippen LogP contribution in [0.4, 0.5) is 0 Å². The smallest absolute Gasteiger partial charge is 0.0414 e. The number of rotatable bonds is 2. The zero-order valence-electron chi connectivity index (χ0n) is 8.58. The molecule has 1 saturated carbocycles. The first-order valence-electron chi connectivity index (χ1n) is 5.43. The predicted molar refractivity (Wildman–Crippen MR) is 65.4 cm³/mol. The number of hydrogen-bond acceptors (Lipinski definition) is 0. The monoisotopic (exact) mass is 192 g/mol. The molecule has 0 aliphatic heterocycles. The highest BCUT2D eigenvalue weighted by Gasteiger charge is 2.14. The molecule has 0 heterocycles. The van der Waals surface area contributed by atoms with Crippen LogP contribution in [0.5, 0.6) is 0 Å². The molecule has 1 aromatic carbocycles. The minimum atomic E-state index is 0. The fourth-order valence-corrected chi connectivity index (χ4v) is 1.57. The summed E-state index contributed by atoms with van der Waals surface area (Å²) in [5.41, 5.74) is 0. The molecule has 1 fully saturated rings. The minimum Gasteiger partial charge on any atom is -0.0776 e. The second kappa shape index (κ2) is 8.80. The van der Waals surface area contributed by atoms with Crippen LogP contribution in [0.25, 0.3) is 0 Å². The maximum Gasteiger partial charge on any atom is -0.0414 e. The maximum atomic E-state index is 2.28. The summed E-state index contributed by atoms with van der Waals surface area (Å²) in [5, 5.41) is 0. The third kappa shape index (κ3) is 5.80. The van der Waals surface area contributed by atoms with E-state index in [2.05, 4.69) is 6.92 Å². The molecule has 0 saturated heterocycles. The fraction of sp³-hybridized carbons (Fsp3) is 0.571. The fourth-order valence-electron chi connectivity index (χ4n) is 1.57. The lowest BCUT2D eigenvalue weighted by Crippen LogP contribution is -2.09. The van der Waals surface area contributed by atoms with Crippen LogP contribution >= 0.6 is 0 Å². The first-order chi connectivity index (χ1) is 6.43. The average Bonchev–Trinajstić information content (AvgIpc) is 2.15. The van der Waals surface area contributed by atoms with Gasteiger partial charge in [0.15, 0.2) is 0 Å². The van der Waals surface area contributed by atoms with Gasteiger partial charge < -0.3 is 0 Å². The van der Waals surface area contributed by atoms with Crippen molar-refractivity contribution in [1.82, 2.24) is 0 Å². The molecule has 0 atom stereocenters. The van der Waals surface area contributed by atoms with Gasteiger partial charge in [-0.05, 0) is 5.92 Å². The highest BCUT2D eigenvalue weighted by Crippen LogP contribution is 2.29. The van der Waals surface area contributed by atoms with Gasteiger partial charge in [0.2, 0.25) is 0 Å². The van der Waals surface area contributed by atoms with E-state index in [1.807, 2.05) is 36.4 Å². The highest BCUT2D eigenvalue weighted by atomic mass is 14.2. The third-order valence-corrected chi connectivity index (χ3v) is 2.59. The molecule has 0 spiro atoms. The summed E-state index contributed by atoms with van der Waals surface area (Å²) in [6, 6.07) is 12.0. The van der Waals surface area contributed by atoms with Crippen molar-refractivity contribution in [2.24, 2.45) is 5.92 Å².